The number of hydrogen-bond donors (Lipinski definition) is 5. The molecule has 0 radical (unpaired) electrons. The molecule has 53 heavy (non-hydrogen) atoms. The molecule has 4 aliphatic carbocycles. The number of fused-ring (bicyclic) bond motifs is 1. The first-order chi connectivity index (χ1) is 25.1. The predicted octanol–water partition coefficient (Wildman–Crippen LogP) is 3.41. The van der Waals surface area contributed by atoms with E-state index in [0.717, 1.165) is 64.2 Å². The summed E-state index contributed by atoms with van der Waals surface area (Å²) in [7, 11) is 0. The molecule has 6 atom stereocenters. The molecule has 13 heteroatoms. The van der Waals surface area contributed by atoms with Gasteiger partial charge in [0, 0.05) is 30.4 Å². The van der Waals surface area contributed by atoms with Gasteiger partial charge in [0.15, 0.2) is 6.10 Å². The first-order valence-electron chi connectivity index (χ1n) is 20.0. The molecule has 2 heterocycles. The van der Waals surface area contributed by atoms with Crippen LogP contribution in [0.2, 0.25) is 0 Å². The summed E-state index contributed by atoms with van der Waals surface area (Å²) in [6.07, 6.45) is 13.8. The standard InChI is InChI=1S/C40H61N7O6/c1-7-12-26(30(48)35(52)43-25-15-16-25)44-33(50)28-21-40(38(5,6)39(40)17-11-18-39)23-47(28)36(53)31(37(2,3)4)46-34(51)29(24-13-9-8-10-14-24)45-32(49)27-22-41-19-20-42-27/h19-20,22,24-26,28-31,48H,7-18,21,23H2,1-6H3,(H,43,52)(H,44,50)(H,45,49)(H,46,51)/t26?,28-,29-,30?,31+,40?/m0/s1. The van der Waals surface area contributed by atoms with E-state index in [4.69, 9.17) is 0 Å². The Morgan fingerprint density at radius 1 is 0.925 bits per heavy atom. The van der Waals surface area contributed by atoms with Crippen molar-refractivity contribution in [2.24, 2.45) is 27.6 Å². The van der Waals surface area contributed by atoms with Crippen LogP contribution < -0.4 is 21.3 Å². The number of carbonyl (C=O) groups excluding carboxylic acids is 5. The van der Waals surface area contributed by atoms with Crippen LogP contribution in [0.25, 0.3) is 0 Å². The molecule has 5 fully saturated rings. The van der Waals surface area contributed by atoms with E-state index in [9.17, 15) is 24.3 Å². The molecule has 0 aromatic carbocycles. The first kappa shape index (κ1) is 39.1. The predicted molar refractivity (Wildman–Crippen MR) is 198 cm³/mol. The fourth-order valence-corrected chi connectivity index (χ4v) is 10.2. The fourth-order valence-electron chi connectivity index (χ4n) is 10.2. The smallest absolute Gasteiger partial charge is 0.272 e. The molecule has 13 nitrogen and oxygen atoms in total. The van der Waals surface area contributed by atoms with Crippen LogP contribution >= 0.6 is 0 Å². The zero-order valence-corrected chi connectivity index (χ0v) is 32.5. The van der Waals surface area contributed by atoms with Crippen LogP contribution in [0.1, 0.15) is 136 Å². The third-order valence-electron chi connectivity index (χ3n) is 13.8. The number of nitrogens with zero attached hydrogens (tertiary/aromatic N) is 3. The first-order valence-corrected chi connectivity index (χ1v) is 20.0. The van der Waals surface area contributed by atoms with Gasteiger partial charge in [-0.2, -0.15) is 0 Å². The maximum atomic E-state index is 15.0. The van der Waals surface area contributed by atoms with Gasteiger partial charge in [0.05, 0.1) is 12.2 Å². The Balaban J connectivity index is 1.26. The van der Waals surface area contributed by atoms with Gasteiger partial charge in [0.25, 0.3) is 11.8 Å². The summed E-state index contributed by atoms with van der Waals surface area (Å²) in [5.74, 6) is -2.28. The lowest BCUT2D eigenvalue weighted by atomic mass is 9.73. The molecule has 0 bridgehead atoms. The van der Waals surface area contributed by atoms with Crippen molar-refractivity contribution in [1.82, 2.24) is 36.1 Å². The third kappa shape index (κ3) is 7.31. The second-order valence-electron chi connectivity index (χ2n) is 18.2. The molecule has 1 aromatic rings. The number of hydrogen-bond acceptors (Lipinski definition) is 8. The van der Waals surface area contributed by atoms with E-state index < -0.39 is 53.4 Å². The van der Waals surface area contributed by atoms with Crippen molar-refractivity contribution >= 4 is 29.5 Å². The quantitative estimate of drug-likeness (QED) is 0.204. The largest absolute Gasteiger partial charge is 0.381 e. The number of aromatic nitrogens is 2. The Kier molecular flexibility index (Phi) is 11.0. The third-order valence-corrected chi connectivity index (χ3v) is 13.8. The average Bonchev–Trinajstić information content (AvgIpc) is 3.94. The fraction of sp³-hybridized carbons (Fsp3) is 0.775. The Morgan fingerprint density at radius 3 is 2.17 bits per heavy atom. The summed E-state index contributed by atoms with van der Waals surface area (Å²) >= 11 is 0. The lowest BCUT2D eigenvalue weighted by molar-refractivity contribution is -0.145. The van der Waals surface area contributed by atoms with Crippen LogP contribution in [0.4, 0.5) is 0 Å². The van der Waals surface area contributed by atoms with Crippen molar-refractivity contribution in [3.05, 3.63) is 24.3 Å². The highest BCUT2D eigenvalue weighted by Crippen LogP contribution is 2.88. The summed E-state index contributed by atoms with van der Waals surface area (Å²) in [6, 6.07) is -3.47. The maximum absolute atomic E-state index is 15.0. The second kappa shape index (κ2) is 14.9. The lowest BCUT2D eigenvalue weighted by Gasteiger charge is -2.38. The molecular weight excluding hydrogens is 674 g/mol. The van der Waals surface area contributed by atoms with Crippen LogP contribution in [0, 0.1) is 27.6 Å². The van der Waals surface area contributed by atoms with Gasteiger partial charge in [0.1, 0.15) is 23.8 Å². The highest BCUT2D eigenvalue weighted by Gasteiger charge is 2.85. The van der Waals surface area contributed by atoms with Crippen LogP contribution in [0.15, 0.2) is 18.6 Å². The molecule has 5 N–H and O–H groups in total. The van der Waals surface area contributed by atoms with Gasteiger partial charge in [0.2, 0.25) is 17.7 Å². The molecular formula is C40H61N7O6. The highest BCUT2D eigenvalue weighted by molar-refractivity contribution is 5.98. The summed E-state index contributed by atoms with van der Waals surface area (Å²) in [5.41, 5.74) is -0.953. The summed E-state index contributed by atoms with van der Waals surface area (Å²) < 4.78 is 0. The molecule has 292 valence electrons. The summed E-state index contributed by atoms with van der Waals surface area (Å²) in [6.45, 7) is 12.5. The molecule has 3 unspecified atom stereocenters. The minimum absolute atomic E-state index is 0.0389. The monoisotopic (exact) mass is 735 g/mol. The van der Waals surface area contributed by atoms with Crippen molar-refractivity contribution in [2.45, 2.75) is 161 Å². The Labute approximate surface area is 314 Å². The van der Waals surface area contributed by atoms with Crippen LogP contribution in [0.5, 0.6) is 0 Å². The van der Waals surface area contributed by atoms with Crippen molar-refractivity contribution in [1.29, 1.82) is 0 Å². The van der Waals surface area contributed by atoms with Crippen LogP contribution in [-0.2, 0) is 19.2 Å². The summed E-state index contributed by atoms with van der Waals surface area (Å²) in [5, 5.41) is 22.9. The summed E-state index contributed by atoms with van der Waals surface area (Å²) in [4.78, 5) is 79.8. The van der Waals surface area contributed by atoms with Gasteiger partial charge in [-0.3, -0.25) is 29.0 Å². The number of aliphatic hydroxyl groups excluding tert-OH is 1. The van der Waals surface area contributed by atoms with E-state index >= 15 is 4.79 Å². The van der Waals surface area contributed by atoms with Gasteiger partial charge in [-0.15, -0.1) is 0 Å². The number of likely N-dealkylation sites (tertiary alicyclic amines) is 1. The number of rotatable bonds is 13. The van der Waals surface area contributed by atoms with Gasteiger partial charge in [-0.25, -0.2) is 4.98 Å². The van der Waals surface area contributed by atoms with Gasteiger partial charge in [-0.1, -0.05) is 73.6 Å². The molecule has 4 saturated carbocycles. The van der Waals surface area contributed by atoms with Crippen LogP contribution in [0.3, 0.4) is 0 Å². The SMILES string of the molecule is CCCC(NC(=O)[C@@H]1CC2(CN1C(=O)[C@@H](NC(=O)[C@@H](NC(=O)c1cnccn1)C1CCCCC1)C(C)(C)C)C(C)(C)C21CCC1)C(O)C(=O)NC1CC1. The Bertz CT molecular complexity index is 1550. The molecule has 1 saturated heterocycles. The van der Waals surface area contributed by atoms with Gasteiger partial charge >= 0.3 is 0 Å². The van der Waals surface area contributed by atoms with Crippen molar-refractivity contribution in [3.8, 4) is 0 Å². The lowest BCUT2D eigenvalue weighted by Crippen LogP contribution is -2.62. The van der Waals surface area contributed by atoms with E-state index in [1.807, 2.05) is 27.7 Å². The number of aliphatic hydroxyl groups is 1. The normalized spacial score (nSPS) is 26.8. The number of carbonyl (C=O) groups is 5. The molecule has 1 aromatic heterocycles. The highest BCUT2D eigenvalue weighted by atomic mass is 16.3. The molecule has 5 amide bonds. The Hall–Kier alpha value is -3.61. The van der Waals surface area contributed by atoms with E-state index in [0.29, 0.717) is 25.8 Å². The van der Waals surface area contributed by atoms with E-state index in [1.54, 1.807) is 4.90 Å². The van der Waals surface area contributed by atoms with Gasteiger partial charge < -0.3 is 31.3 Å². The zero-order chi connectivity index (χ0) is 38.3. The minimum Gasteiger partial charge on any atom is -0.381 e. The topological polar surface area (TPSA) is 183 Å². The van der Waals surface area contributed by atoms with Crippen molar-refractivity contribution < 1.29 is 29.1 Å². The van der Waals surface area contributed by atoms with E-state index in [1.165, 1.54) is 18.6 Å². The average molecular weight is 736 g/mol. The zero-order valence-electron chi connectivity index (χ0n) is 32.5. The number of nitrogens with one attached hydrogen (secondary N) is 4. The molecule has 1 aliphatic heterocycles. The molecule has 5 aliphatic rings. The van der Waals surface area contributed by atoms with Crippen molar-refractivity contribution in [2.75, 3.05) is 6.54 Å². The van der Waals surface area contributed by atoms with E-state index in [2.05, 4.69) is 45.1 Å². The molecule has 2 spiro atoms. The Morgan fingerprint density at radius 2 is 1.62 bits per heavy atom. The second-order valence-corrected chi connectivity index (χ2v) is 18.2. The minimum atomic E-state index is -1.41. The van der Waals surface area contributed by atoms with Gasteiger partial charge in [-0.05, 0) is 73.5 Å². The van der Waals surface area contributed by atoms with Crippen LogP contribution in [-0.4, -0.2) is 92.4 Å². The maximum Gasteiger partial charge on any atom is 0.272 e. The number of amides is 5. The molecule has 6 rings (SSSR count). The van der Waals surface area contributed by atoms with E-state index in [-0.39, 0.29) is 45.7 Å². The van der Waals surface area contributed by atoms with Crippen molar-refractivity contribution in [3.63, 3.8) is 0 Å².